The number of hydrogen-bond acceptors (Lipinski definition) is 6. The molecule has 1 heterocycles. The normalized spacial score (nSPS) is 18.1. The summed E-state index contributed by atoms with van der Waals surface area (Å²) in [6.45, 7) is 16.6. The van der Waals surface area contributed by atoms with Gasteiger partial charge in [0, 0.05) is 35.9 Å². The second-order valence-electron chi connectivity index (χ2n) is 8.37. The maximum Gasteiger partial charge on any atom is 0.410 e. The minimum Gasteiger partial charge on any atom is -0.462 e. The highest BCUT2D eigenvalue weighted by Crippen LogP contribution is 2.40. The lowest BCUT2D eigenvalue weighted by atomic mass is 9.78. The highest BCUT2D eigenvalue weighted by atomic mass is 16.6. The Bertz CT molecular complexity index is 604. The molecule has 158 valence electrons. The van der Waals surface area contributed by atoms with Crippen molar-refractivity contribution in [3.63, 3.8) is 0 Å². The second-order valence-corrected chi connectivity index (χ2v) is 8.37. The van der Waals surface area contributed by atoms with Crippen LogP contribution in [0.2, 0.25) is 0 Å². The van der Waals surface area contributed by atoms with Crippen LogP contribution >= 0.6 is 0 Å². The molecule has 0 atom stereocenters. The van der Waals surface area contributed by atoms with Crippen LogP contribution in [0.15, 0.2) is 24.8 Å². The fourth-order valence-electron chi connectivity index (χ4n) is 3.71. The van der Waals surface area contributed by atoms with Gasteiger partial charge in [0.1, 0.15) is 12.7 Å². The average Bonchev–Trinajstić information content (AvgIpc) is 2.54. The predicted molar refractivity (Wildman–Crippen MR) is 106 cm³/mol. The predicted octanol–water partition coefficient (Wildman–Crippen LogP) is 3.77. The number of piperidine rings is 1. The van der Waals surface area contributed by atoms with Crippen molar-refractivity contribution in [1.29, 1.82) is 0 Å². The zero-order valence-electron chi connectivity index (χ0n) is 17.7. The molecule has 1 amide bonds. The summed E-state index contributed by atoms with van der Waals surface area (Å²) in [6.07, 6.45) is 2.38. The average molecular weight is 395 g/mol. The van der Waals surface area contributed by atoms with E-state index in [2.05, 4.69) is 13.2 Å². The van der Waals surface area contributed by atoms with Gasteiger partial charge in [-0.05, 0) is 41.0 Å². The molecule has 0 aromatic carbocycles. The molecule has 1 aliphatic rings. The fourth-order valence-corrected chi connectivity index (χ4v) is 3.71. The molecular weight excluding hydrogens is 362 g/mol. The van der Waals surface area contributed by atoms with Crippen LogP contribution in [0.1, 0.15) is 60.3 Å². The first-order chi connectivity index (χ1) is 12.9. The van der Waals surface area contributed by atoms with E-state index in [-0.39, 0.29) is 31.7 Å². The third-order valence-electron chi connectivity index (χ3n) is 4.58. The Morgan fingerprint density at radius 3 is 2.18 bits per heavy atom. The van der Waals surface area contributed by atoms with Crippen LogP contribution < -0.4 is 0 Å². The van der Waals surface area contributed by atoms with Crippen LogP contribution in [0.25, 0.3) is 0 Å². The van der Waals surface area contributed by atoms with Gasteiger partial charge in [0.25, 0.3) is 0 Å². The van der Waals surface area contributed by atoms with Crippen molar-refractivity contribution in [2.45, 2.75) is 77.5 Å². The standard InChI is InChI=1S/C21H33NO6/c1-8-11-27-19(25)22-20(4,5)13-16(14-21(22,6)7)28-17(23)10-9-12-26-18(24)15(2)3/h8,16H,1-2,9-14H2,3-7H3. The molecule has 0 bridgehead atoms. The third-order valence-corrected chi connectivity index (χ3v) is 4.58. The molecule has 1 saturated heterocycles. The smallest absolute Gasteiger partial charge is 0.410 e. The van der Waals surface area contributed by atoms with Crippen molar-refractivity contribution in [1.82, 2.24) is 4.90 Å². The Labute approximate surface area is 167 Å². The topological polar surface area (TPSA) is 82.1 Å². The monoisotopic (exact) mass is 395 g/mol. The number of hydrogen-bond donors (Lipinski definition) is 0. The Morgan fingerprint density at radius 2 is 1.68 bits per heavy atom. The molecule has 0 radical (unpaired) electrons. The molecule has 7 heteroatoms. The minimum atomic E-state index is -0.540. The molecule has 7 nitrogen and oxygen atoms in total. The highest BCUT2D eigenvalue weighted by molar-refractivity contribution is 5.86. The summed E-state index contributed by atoms with van der Waals surface area (Å²) in [5.41, 5.74) is -0.755. The zero-order valence-corrected chi connectivity index (χ0v) is 17.7. The molecular formula is C21H33NO6. The van der Waals surface area contributed by atoms with Gasteiger partial charge in [-0.2, -0.15) is 0 Å². The van der Waals surface area contributed by atoms with Crippen molar-refractivity contribution < 1.29 is 28.6 Å². The lowest BCUT2D eigenvalue weighted by Crippen LogP contribution is -2.64. The molecule has 0 aromatic heterocycles. The number of amides is 1. The van der Waals surface area contributed by atoms with Gasteiger partial charge in [0.15, 0.2) is 0 Å². The number of ether oxygens (including phenoxy) is 3. The molecule has 28 heavy (non-hydrogen) atoms. The summed E-state index contributed by atoms with van der Waals surface area (Å²) < 4.78 is 15.8. The Kier molecular flexibility index (Phi) is 8.27. The molecule has 0 unspecified atom stereocenters. The summed E-state index contributed by atoms with van der Waals surface area (Å²) in [4.78, 5) is 37.7. The van der Waals surface area contributed by atoms with Crippen LogP contribution in [0.4, 0.5) is 4.79 Å². The van der Waals surface area contributed by atoms with Crippen molar-refractivity contribution in [2.24, 2.45) is 0 Å². The maximum absolute atomic E-state index is 12.5. The van der Waals surface area contributed by atoms with Gasteiger partial charge in [-0.25, -0.2) is 9.59 Å². The summed E-state index contributed by atoms with van der Waals surface area (Å²) in [6, 6.07) is 0. The van der Waals surface area contributed by atoms with E-state index in [1.165, 1.54) is 6.08 Å². The summed E-state index contributed by atoms with van der Waals surface area (Å²) in [5, 5.41) is 0. The number of esters is 2. The SMILES string of the molecule is C=CCOC(=O)N1C(C)(C)CC(OC(=O)CCCOC(=O)C(=C)C)CC1(C)C. The molecule has 0 aromatic rings. The largest absolute Gasteiger partial charge is 0.462 e. The van der Waals surface area contributed by atoms with Crippen molar-refractivity contribution in [3.8, 4) is 0 Å². The fraction of sp³-hybridized carbons (Fsp3) is 0.667. The first-order valence-corrected chi connectivity index (χ1v) is 9.51. The van der Waals surface area contributed by atoms with E-state index in [4.69, 9.17) is 14.2 Å². The first-order valence-electron chi connectivity index (χ1n) is 9.51. The van der Waals surface area contributed by atoms with Crippen LogP contribution in [-0.2, 0) is 23.8 Å². The summed E-state index contributed by atoms with van der Waals surface area (Å²) in [5.74, 6) is -0.807. The molecule has 1 fully saturated rings. The van der Waals surface area contributed by atoms with E-state index in [1.54, 1.807) is 11.8 Å². The van der Waals surface area contributed by atoms with Crippen LogP contribution in [0.3, 0.4) is 0 Å². The minimum absolute atomic E-state index is 0.144. The summed E-state index contributed by atoms with van der Waals surface area (Å²) >= 11 is 0. The molecule has 0 spiro atoms. The molecule has 0 aliphatic carbocycles. The second kappa shape index (κ2) is 9.75. The Hall–Kier alpha value is -2.31. The van der Waals surface area contributed by atoms with Crippen LogP contribution in [0.5, 0.6) is 0 Å². The van der Waals surface area contributed by atoms with Gasteiger partial charge in [0.05, 0.1) is 6.61 Å². The van der Waals surface area contributed by atoms with Gasteiger partial charge < -0.3 is 14.2 Å². The lowest BCUT2D eigenvalue weighted by Gasteiger charge is -2.53. The molecule has 1 rings (SSSR count). The van der Waals surface area contributed by atoms with Gasteiger partial charge in [-0.15, -0.1) is 0 Å². The lowest BCUT2D eigenvalue weighted by molar-refractivity contribution is -0.159. The van der Waals surface area contributed by atoms with Gasteiger partial charge in [0.2, 0.25) is 0 Å². The number of likely N-dealkylation sites (tertiary alicyclic amines) is 1. The van der Waals surface area contributed by atoms with E-state index in [9.17, 15) is 14.4 Å². The van der Waals surface area contributed by atoms with Crippen LogP contribution in [0, 0.1) is 0 Å². The number of rotatable bonds is 8. The number of carbonyl (C=O) groups excluding carboxylic acids is 3. The number of carbonyl (C=O) groups is 3. The molecule has 0 saturated carbocycles. The van der Waals surface area contributed by atoms with E-state index < -0.39 is 23.1 Å². The van der Waals surface area contributed by atoms with Gasteiger partial charge in [-0.1, -0.05) is 19.2 Å². The molecule has 0 N–H and O–H groups in total. The zero-order chi connectivity index (χ0) is 21.5. The quantitative estimate of drug-likeness (QED) is 0.205. The summed E-state index contributed by atoms with van der Waals surface area (Å²) in [7, 11) is 0. The van der Waals surface area contributed by atoms with Crippen molar-refractivity contribution in [3.05, 3.63) is 24.8 Å². The van der Waals surface area contributed by atoms with E-state index in [0.717, 1.165) is 0 Å². The Balaban J connectivity index is 2.60. The van der Waals surface area contributed by atoms with E-state index in [0.29, 0.717) is 24.8 Å². The van der Waals surface area contributed by atoms with E-state index >= 15 is 0 Å². The van der Waals surface area contributed by atoms with Crippen LogP contribution in [-0.4, -0.2) is 53.3 Å². The molecule has 1 aliphatic heterocycles. The van der Waals surface area contributed by atoms with Gasteiger partial charge >= 0.3 is 18.0 Å². The van der Waals surface area contributed by atoms with Gasteiger partial charge in [-0.3, -0.25) is 9.69 Å². The van der Waals surface area contributed by atoms with Crippen molar-refractivity contribution >= 4 is 18.0 Å². The van der Waals surface area contributed by atoms with Crippen molar-refractivity contribution in [2.75, 3.05) is 13.2 Å². The van der Waals surface area contributed by atoms with E-state index in [1.807, 2.05) is 27.7 Å². The third kappa shape index (κ3) is 6.69. The number of nitrogens with zero attached hydrogens (tertiary/aromatic N) is 1. The highest BCUT2D eigenvalue weighted by Gasteiger charge is 2.49. The Morgan fingerprint density at radius 1 is 1.11 bits per heavy atom. The maximum atomic E-state index is 12.5. The first kappa shape index (κ1) is 23.7.